The molecule has 3 aromatic rings. The monoisotopic (exact) mass is 448 g/mol. The highest BCUT2D eigenvalue weighted by atomic mass is 35.5. The van der Waals surface area contributed by atoms with Crippen LogP contribution in [0.3, 0.4) is 0 Å². The second-order valence-corrected chi connectivity index (χ2v) is 8.41. The summed E-state index contributed by atoms with van der Waals surface area (Å²) in [6, 6.07) is 10.7. The highest BCUT2D eigenvalue weighted by Crippen LogP contribution is 2.38. The maximum atomic E-state index is 13.8. The minimum atomic E-state index is -0.816. The predicted octanol–water partition coefficient (Wildman–Crippen LogP) is 5.72. The van der Waals surface area contributed by atoms with E-state index in [1.54, 1.807) is 0 Å². The molecular weight excluding hydrogens is 430 g/mol. The molecule has 1 saturated carbocycles. The van der Waals surface area contributed by atoms with E-state index in [-0.39, 0.29) is 17.5 Å². The highest BCUT2D eigenvalue weighted by Gasteiger charge is 2.26. The number of benzene rings is 2. The fraction of sp³-hybridized carbons (Fsp3) is 0.286. The van der Waals surface area contributed by atoms with Gasteiger partial charge in [-0.05, 0) is 37.1 Å². The minimum Gasteiger partial charge on any atom is -0.323 e. The molecule has 0 atom stereocenters. The fourth-order valence-corrected chi connectivity index (χ4v) is 4.63. The van der Waals surface area contributed by atoms with Gasteiger partial charge in [0.2, 0.25) is 5.91 Å². The second kappa shape index (κ2) is 9.14. The number of hydrogen-bond donors (Lipinski definition) is 1. The second-order valence-electron chi connectivity index (χ2n) is 7.06. The molecule has 5 nitrogen and oxygen atoms in total. The van der Waals surface area contributed by atoms with Gasteiger partial charge in [-0.2, -0.15) is 0 Å². The summed E-state index contributed by atoms with van der Waals surface area (Å²) in [5, 5.41) is 12.3. The number of rotatable bonds is 6. The number of nitrogens with one attached hydrogen (secondary N) is 1. The number of anilines is 1. The van der Waals surface area contributed by atoms with E-state index in [2.05, 4.69) is 20.1 Å². The summed E-state index contributed by atoms with van der Waals surface area (Å²) in [7, 11) is 0. The van der Waals surface area contributed by atoms with Crippen molar-refractivity contribution in [2.45, 2.75) is 36.9 Å². The number of carbonyl (C=O) groups is 1. The Bertz CT molecular complexity index is 1070. The van der Waals surface area contributed by atoms with Crippen LogP contribution in [0.1, 0.15) is 31.7 Å². The topological polar surface area (TPSA) is 59.8 Å². The first kappa shape index (κ1) is 20.8. The Morgan fingerprint density at radius 3 is 2.67 bits per heavy atom. The largest absolute Gasteiger partial charge is 0.323 e. The molecular formula is C21H19ClF2N4OS. The lowest BCUT2D eigenvalue weighted by Crippen LogP contribution is -2.16. The number of halogens is 3. The van der Waals surface area contributed by atoms with E-state index >= 15 is 0 Å². The van der Waals surface area contributed by atoms with E-state index < -0.39 is 17.5 Å². The Morgan fingerprint density at radius 1 is 1.17 bits per heavy atom. The first-order chi connectivity index (χ1) is 14.5. The van der Waals surface area contributed by atoms with Crippen molar-refractivity contribution in [2.75, 3.05) is 11.1 Å². The third-order valence-corrected chi connectivity index (χ3v) is 6.28. The average Bonchev–Trinajstić information content (AvgIpc) is 3.38. The lowest BCUT2D eigenvalue weighted by Gasteiger charge is -2.17. The van der Waals surface area contributed by atoms with Crippen LogP contribution in [0.15, 0.2) is 47.6 Å². The number of nitrogens with zero attached hydrogens (tertiary/aromatic N) is 3. The summed E-state index contributed by atoms with van der Waals surface area (Å²) in [5.74, 6) is -1.23. The number of hydrogen-bond acceptors (Lipinski definition) is 4. The molecule has 9 heteroatoms. The van der Waals surface area contributed by atoms with Crippen molar-refractivity contribution in [3.8, 4) is 11.4 Å². The number of carbonyl (C=O) groups excluding carboxylic acids is 1. The van der Waals surface area contributed by atoms with Gasteiger partial charge in [0.05, 0.1) is 16.5 Å². The van der Waals surface area contributed by atoms with Gasteiger partial charge >= 0.3 is 0 Å². The maximum absolute atomic E-state index is 13.8. The molecule has 30 heavy (non-hydrogen) atoms. The quantitative estimate of drug-likeness (QED) is 0.490. The first-order valence-corrected chi connectivity index (χ1v) is 11.0. The molecule has 1 heterocycles. The van der Waals surface area contributed by atoms with Crippen LogP contribution in [0.5, 0.6) is 0 Å². The lowest BCUT2D eigenvalue weighted by molar-refractivity contribution is -0.113. The first-order valence-electron chi connectivity index (χ1n) is 9.60. The lowest BCUT2D eigenvalue weighted by atomic mass is 10.2. The van der Waals surface area contributed by atoms with E-state index in [0.29, 0.717) is 16.0 Å². The Hall–Kier alpha value is -2.45. The average molecular weight is 449 g/mol. The van der Waals surface area contributed by atoms with Gasteiger partial charge in [0, 0.05) is 17.7 Å². The molecule has 0 spiro atoms. The van der Waals surface area contributed by atoms with Crippen molar-refractivity contribution in [2.24, 2.45) is 0 Å². The highest BCUT2D eigenvalue weighted by molar-refractivity contribution is 7.99. The smallest absolute Gasteiger partial charge is 0.234 e. The van der Waals surface area contributed by atoms with E-state index in [1.807, 2.05) is 24.3 Å². The number of aromatic nitrogens is 3. The molecule has 0 saturated heterocycles. The minimum absolute atomic E-state index is 0.0180. The van der Waals surface area contributed by atoms with E-state index in [4.69, 9.17) is 11.6 Å². The van der Waals surface area contributed by atoms with Crippen molar-refractivity contribution in [3.63, 3.8) is 0 Å². The fourth-order valence-electron chi connectivity index (χ4n) is 3.60. The summed E-state index contributed by atoms with van der Waals surface area (Å²) >= 11 is 7.61. The van der Waals surface area contributed by atoms with Crippen LogP contribution in [-0.2, 0) is 4.79 Å². The number of amides is 1. The Labute approximate surface area is 181 Å². The van der Waals surface area contributed by atoms with Crippen LogP contribution in [0, 0.1) is 11.6 Å². The third-order valence-electron chi connectivity index (χ3n) is 5.01. The zero-order valence-corrected chi connectivity index (χ0v) is 17.5. The molecule has 1 aliphatic rings. The maximum Gasteiger partial charge on any atom is 0.234 e. The van der Waals surface area contributed by atoms with Crippen LogP contribution < -0.4 is 5.32 Å². The van der Waals surface area contributed by atoms with E-state index in [0.717, 1.165) is 43.4 Å². The van der Waals surface area contributed by atoms with Gasteiger partial charge in [0.15, 0.2) is 11.0 Å². The molecule has 1 aromatic heterocycles. The van der Waals surface area contributed by atoms with Gasteiger partial charge < -0.3 is 5.32 Å². The molecule has 0 aliphatic heterocycles. The van der Waals surface area contributed by atoms with Crippen LogP contribution in [0.25, 0.3) is 11.4 Å². The van der Waals surface area contributed by atoms with Gasteiger partial charge in [0.1, 0.15) is 11.6 Å². The van der Waals surface area contributed by atoms with Crippen molar-refractivity contribution < 1.29 is 13.6 Å². The predicted molar refractivity (Wildman–Crippen MR) is 114 cm³/mol. The molecule has 4 rings (SSSR count). The Balaban J connectivity index is 1.54. The van der Waals surface area contributed by atoms with Crippen LogP contribution in [0.4, 0.5) is 14.5 Å². The van der Waals surface area contributed by atoms with Gasteiger partial charge in [0.25, 0.3) is 0 Å². The van der Waals surface area contributed by atoms with Crippen molar-refractivity contribution >= 4 is 35.0 Å². The van der Waals surface area contributed by atoms with Gasteiger partial charge in [-0.3, -0.25) is 9.36 Å². The van der Waals surface area contributed by atoms with E-state index in [9.17, 15) is 13.6 Å². The number of thioether (sulfide) groups is 1. The molecule has 1 fully saturated rings. The van der Waals surface area contributed by atoms with Crippen molar-refractivity contribution in [3.05, 3.63) is 59.1 Å². The molecule has 0 bridgehead atoms. The van der Waals surface area contributed by atoms with Crippen molar-refractivity contribution in [1.82, 2.24) is 14.8 Å². The normalized spacial score (nSPS) is 14.2. The molecule has 0 radical (unpaired) electrons. The van der Waals surface area contributed by atoms with Gasteiger partial charge in [-0.25, -0.2) is 8.78 Å². The van der Waals surface area contributed by atoms with Crippen molar-refractivity contribution in [1.29, 1.82) is 0 Å². The molecule has 1 N–H and O–H groups in total. The van der Waals surface area contributed by atoms with Gasteiger partial charge in [-0.1, -0.05) is 48.3 Å². The summed E-state index contributed by atoms with van der Waals surface area (Å²) < 4.78 is 28.9. The molecule has 2 aromatic carbocycles. The van der Waals surface area contributed by atoms with Gasteiger partial charge in [-0.15, -0.1) is 10.2 Å². The van der Waals surface area contributed by atoms with Crippen LogP contribution in [0.2, 0.25) is 5.02 Å². The van der Waals surface area contributed by atoms with E-state index in [1.165, 1.54) is 17.8 Å². The molecule has 1 aliphatic carbocycles. The van der Waals surface area contributed by atoms with Crippen LogP contribution in [-0.4, -0.2) is 26.4 Å². The molecule has 0 unspecified atom stereocenters. The standard InChI is InChI=1S/C21H19ClF2N4OS/c22-16-8-4-3-7-15(16)20-26-27-21(28(20)14-5-1-2-6-14)30-12-19(29)25-18-10-9-13(23)11-17(18)24/h3-4,7-11,14H,1-2,5-6,12H2,(H,25,29). The zero-order valence-electron chi connectivity index (χ0n) is 15.9. The third kappa shape index (κ3) is 4.49. The molecule has 1 amide bonds. The SMILES string of the molecule is O=C(CSc1nnc(-c2ccccc2Cl)n1C1CCCC1)Nc1ccc(F)cc1F. The summed E-state index contributed by atoms with van der Waals surface area (Å²) in [6.07, 6.45) is 4.27. The summed E-state index contributed by atoms with van der Waals surface area (Å²) in [5.41, 5.74) is 0.735. The Kier molecular flexibility index (Phi) is 6.34. The Morgan fingerprint density at radius 2 is 1.93 bits per heavy atom. The summed E-state index contributed by atoms with van der Waals surface area (Å²) in [4.78, 5) is 12.3. The molecule has 156 valence electrons. The zero-order chi connectivity index (χ0) is 21.1. The van der Waals surface area contributed by atoms with Crippen LogP contribution >= 0.6 is 23.4 Å². The summed E-state index contributed by atoms with van der Waals surface area (Å²) in [6.45, 7) is 0.